The van der Waals surface area contributed by atoms with Crippen molar-refractivity contribution in [2.45, 2.75) is 6.92 Å². The highest BCUT2D eigenvalue weighted by molar-refractivity contribution is 9.10. The van der Waals surface area contributed by atoms with Gasteiger partial charge in [-0.3, -0.25) is 4.79 Å². The Bertz CT molecular complexity index is 698. The number of hydrogen-bond acceptors (Lipinski definition) is 3. The SMILES string of the molecule is COc1ccc(C(=O)c2cccc(Cl)c2C)c(OC)c1Br. The fourth-order valence-corrected chi connectivity index (χ4v) is 2.92. The van der Waals surface area contributed by atoms with Gasteiger partial charge in [0.05, 0.1) is 19.8 Å². The van der Waals surface area contributed by atoms with Crippen molar-refractivity contribution in [3.8, 4) is 11.5 Å². The highest BCUT2D eigenvalue weighted by Crippen LogP contribution is 2.38. The molecule has 0 N–H and O–H groups in total. The van der Waals surface area contributed by atoms with Gasteiger partial charge in [-0.15, -0.1) is 0 Å². The van der Waals surface area contributed by atoms with Gasteiger partial charge in [0.25, 0.3) is 0 Å². The fourth-order valence-electron chi connectivity index (χ4n) is 2.07. The summed E-state index contributed by atoms with van der Waals surface area (Å²) in [7, 11) is 3.07. The minimum atomic E-state index is -0.143. The summed E-state index contributed by atoms with van der Waals surface area (Å²) in [5, 5.41) is 0.562. The van der Waals surface area contributed by atoms with Gasteiger partial charge in [0.15, 0.2) is 5.78 Å². The molecular formula is C16H14BrClO3. The molecule has 0 aliphatic carbocycles. The van der Waals surface area contributed by atoms with Gasteiger partial charge in [-0.05, 0) is 46.6 Å². The summed E-state index contributed by atoms with van der Waals surface area (Å²) in [6.07, 6.45) is 0. The zero-order valence-electron chi connectivity index (χ0n) is 11.9. The lowest BCUT2D eigenvalue weighted by molar-refractivity contribution is 0.103. The lowest BCUT2D eigenvalue weighted by Gasteiger charge is -2.14. The Hall–Kier alpha value is -1.52. The van der Waals surface area contributed by atoms with E-state index in [0.717, 1.165) is 5.56 Å². The monoisotopic (exact) mass is 368 g/mol. The highest BCUT2D eigenvalue weighted by atomic mass is 79.9. The molecule has 3 nitrogen and oxygen atoms in total. The third kappa shape index (κ3) is 2.92. The van der Waals surface area contributed by atoms with Gasteiger partial charge in [-0.25, -0.2) is 0 Å². The Morgan fingerprint density at radius 1 is 1.10 bits per heavy atom. The lowest BCUT2D eigenvalue weighted by atomic mass is 9.98. The number of ether oxygens (including phenoxy) is 2. The number of rotatable bonds is 4. The van der Waals surface area contributed by atoms with E-state index in [9.17, 15) is 4.79 Å². The van der Waals surface area contributed by atoms with Crippen LogP contribution < -0.4 is 9.47 Å². The molecule has 0 heterocycles. The van der Waals surface area contributed by atoms with Gasteiger partial charge in [-0.2, -0.15) is 0 Å². The average molecular weight is 370 g/mol. The summed E-state index contributed by atoms with van der Waals surface area (Å²) in [5.41, 5.74) is 1.76. The maximum Gasteiger partial charge on any atom is 0.197 e. The molecule has 0 spiro atoms. The van der Waals surface area contributed by atoms with E-state index in [0.29, 0.717) is 32.1 Å². The number of carbonyl (C=O) groups excluding carboxylic acids is 1. The van der Waals surface area contributed by atoms with Crippen LogP contribution in [-0.4, -0.2) is 20.0 Å². The van der Waals surface area contributed by atoms with Gasteiger partial charge < -0.3 is 9.47 Å². The Labute approximate surface area is 137 Å². The second-order valence-electron chi connectivity index (χ2n) is 4.40. The van der Waals surface area contributed by atoms with E-state index in [2.05, 4.69) is 15.9 Å². The number of benzene rings is 2. The maximum absolute atomic E-state index is 12.8. The smallest absolute Gasteiger partial charge is 0.197 e. The number of halogens is 2. The Morgan fingerprint density at radius 2 is 1.81 bits per heavy atom. The van der Waals surface area contributed by atoms with Crippen LogP contribution in [0.3, 0.4) is 0 Å². The Morgan fingerprint density at radius 3 is 2.43 bits per heavy atom. The standard InChI is InChI=1S/C16H14BrClO3/c1-9-10(5-4-6-12(9)18)15(19)11-7-8-13(20-2)14(17)16(11)21-3/h4-8H,1-3H3. The van der Waals surface area contributed by atoms with Crippen molar-refractivity contribution in [3.05, 3.63) is 56.5 Å². The molecule has 110 valence electrons. The molecule has 2 aromatic carbocycles. The first kappa shape index (κ1) is 15.9. The van der Waals surface area contributed by atoms with Crippen LogP contribution in [0.15, 0.2) is 34.8 Å². The molecular weight excluding hydrogens is 356 g/mol. The van der Waals surface area contributed by atoms with Gasteiger partial charge in [-0.1, -0.05) is 23.7 Å². The number of methoxy groups -OCH3 is 2. The van der Waals surface area contributed by atoms with Gasteiger partial charge >= 0.3 is 0 Å². The van der Waals surface area contributed by atoms with Crippen molar-refractivity contribution in [2.75, 3.05) is 14.2 Å². The van der Waals surface area contributed by atoms with Crippen molar-refractivity contribution >= 4 is 33.3 Å². The van der Waals surface area contributed by atoms with Crippen LogP contribution in [0.1, 0.15) is 21.5 Å². The van der Waals surface area contributed by atoms with Crippen LogP contribution in [0.2, 0.25) is 5.02 Å². The number of ketones is 1. The summed E-state index contributed by atoms with van der Waals surface area (Å²) in [5.74, 6) is 0.903. The van der Waals surface area contributed by atoms with Crippen LogP contribution in [0.5, 0.6) is 11.5 Å². The van der Waals surface area contributed by atoms with Gasteiger partial charge in [0.1, 0.15) is 16.0 Å². The van der Waals surface area contributed by atoms with E-state index in [1.807, 2.05) is 6.92 Å². The number of hydrogen-bond donors (Lipinski definition) is 0. The molecule has 0 bridgehead atoms. The second kappa shape index (κ2) is 6.50. The molecule has 2 aromatic rings. The molecule has 21 heavy (non-hydrogen) atoms. The lowest BCUT2D eigenvalue weighted by Crippen LogP contribution is -2.07. The van der Waals surface area contributed by atoms with Crippen LogP contribution in [0, 0.1) is 6.92 Å². The van der Waals surface area contributed by atoms with Crippen LogP contribution >= 0.6 is 27.5 Å². The van der Waals surface area contributed by atoms with E-state index in [1.54, 1.807) is 37.4 Å². The quantitative estimate of drug-likeness (QED) is 0.735. The summed E-state index contributed by atoms with van der Waals surface area (Å²) >= 11 is 9.48. The molecule has 0 aromatic heterocycles. The molecule has 0 saturated carbocycles. The van der Waals surface area contributed by atoms with Crippen molar-refractivity contribution in [1.29, 1.82) is 0 Å². The van der Waals surface area contributed by atoms with E-state index in [1.165, 1.54) is 7.11 Å². The van der Waals surface area contributed by atoms with Crippen LogP contribution in [0.25, 0.3) is 0 Å². The largest absolute Gasteiger partial charge is 0.495 e. The Balaban J connectivity index is 2.59. The normalized spacial score (nSPS) is 10.3. The summed E-state index contributed by atoms with van der Waals surface area (Å²) in [4.78, 5) is 12.8. The highest BCUT2D eigenvalue weighted by Gasteiger charge is 2.21. The van der Waals surface area contributed by atoms with Crippen molar-refractivity contribution in [3.63, 3.8) is 0 Å². The van der Waals surface area contributed by atoms with E-state index >= 15 is 0 Å². The summed E-state index contributed by atoms with van der Waals surface area (Å²) < 4.78 is 11.2. The van der Waals surface area contributed by atoms with E-state index in [-0.39, 0.29) is 5.78 Å². The zero-order chi connectivity index (χ0) is 15.6. The fraction of sp³-hybridized carbons (Fsp3) is 0.188. The average Bonchev–Trinajstić information content (AvgIpc) is 2.49. The van der Waals surface area contributed by atoms with Crippen molar-refractivity contribution in [1.82, 2.24) is 0 Å². The molecule has 0 atom stereocenters. The first-order chi connectivity index (χ1) is 10.0. The molecule has 0 amide bonds. The Kier molecular flexibility index (Phi) is 4.91. The topological polar surface area (TPSA) is 35.5 Å². The first-order valence-corrected chi connectivity index (χ1v) is 7.38. The first-order valence-electron chi connectivity index (χ1n) is 6.21. The predicted molar refractivity (Wildman–Crippen MR) is 86.9 cm³/mol. The molecule has 0 aliphatic rings. The molecule has 0 aliphatic heterocycles. The van der Waals surface area contributed by atoms with E-state index in [4.69, 9.17) is 21.1 Å². The van der Waals surface area contributed by atoms with Crippen LogP contribution in [0.4, 0.5) is 0 Å². The molecule has 0 fully saturated rings. The zero-order valence-corrected chi connectivity index (χ0v) is 14.2. The second-order valence-corrected chi connectivity index (χ2v) is 5.60. The number of carbonyl (C=O) groups is 1. The van der Waals surface area contributed by atoms with Crippen LogP contribution in [-0.2, 0) is 0 Å². The van der Waals surface area contributed by atoms with Crippen molar-refractivity contribution < 1.29 is 14.3 Å². The minimum Gasteiger partial charge on any atom is -0.495 e. The molecule has 0 radical (unpaired) electrons. The predicted octanol–water partition coefficient (Wildman–Crippen LogP) is 4.66. The molecule has 0 saturated heterocycles. The van der Waals surface area contributed by atoms with E-state index < -0.39 is 0 Å². The molecule has 5 heteroatoms. The summed E-state index contributed by atoms with van der Waals surface area (Å²) in [6, 6.07) is 8.67. The molecule has 2 rings (SSSR count). The third-order valence-electron chi connectivity index (χ3n) is 3.24. The third-order valence-corrected chi connectivity index (χ3v) is 4.40. The summed E-state index contributed by atoms with van der Waals surface area (Å²) in [6.45, 7) is 1.82. The van der Waals surface area contributed by atoms with Crippen molar-refractivity contribution in [2.24, 2.45) is 0 Å². The maximum atomic E-state index is 12.8. The molecule has 0 unspecified atom stereocenters. The van der Waals surface area contributed by atoms with Gasteiger partial charge in [0, 0.05) is 10.6 Å². The minimum absolute atomic E-state index is 0.143. The van der Waals surface area contributed by atoms with Gasteiger partial charge in [0.2, 0.25) is 0 Å².